The second-order valence-corrected chi connectivity index (χ2v) is 12.8. The quantitative estimate of drug-likeness (QED) is 0.134. The SMILES string of the molecule is CCCCCCCCC(CCCCC)(CCCCCC)C(CCC)(CCCC)c1nnc2c(CC)c(C)[nH]n12. The van der Waals surface area contributed by atoms with E-state index in [0.717, 1.165) is 12.1 Å². The fourth-order valence-electron chi connectivity index (χ4n) is 7.68. The molecule has 0 spiro atoms. The lowest BCUT2D eigenvalue weighted by molar-refractivity contribution is 0.0380. The van der Waals surface area contributed by atoms with Gasteiger partial charge in [-0.05, 0) is 50.9 Å². The second-order valence-electron chi connectivity index (χ2n) is 12.8. The lowest BCUT2D eigenvalue weighted by Crippen LogP contribution is -2.48. The van der Waals surface area contributed by atoms with E-state index < -0.39 is 0 Å². The van der Waals surface area contributed by atoms with Crippen LogP contribution >= 0.6 is 0 Å². The van der Waals surface area contributed by atoms with Crippen LogP contribution in [0, 0.1) is 12.3 Å². The van der Waals surface area contributed by atoms with Gasteiger partial charge in [-0.15, -0.1) is 10.2 Å². The molecule has 0 saturated carbocycles. The van der Waals surface area contributed by atoms with Gasteiger partial charge in [0, 0.05) is 16.7 Å². The number of aromatic nitrogens is 4. The number of fused-ring (bicyclic) bond motifs is 1. The van der Waals surface area contributed by atoms with Gasteiger partial charge < -0.3 is 0 Å². The Hall–Kier alpha value is -1.32. The van der Waals surface area contributed by atoms with Crippen LogP contribution in [0.3, 0.4) is 0 Å². The van der Waals surface area contributed by atoms with Crippen molar-refractivity contribution in [2.45, 2.75) is 195 Å². The number of H-pyrrole nitrogens is 1. The highest BCUT2D eigenvalue weighted by atomic mass is 15.4. The summed E-state index contributed by atoms with van der Waals surface area (Å²) in [6, 6.07) is 0. The molecule has 2 aromatic rings. The molecule has 0 aromatic carbocycles. The minimum Gasteiger partial charge on any atom is -0.295 e. The highest BCUT2D eigenvalue weighted by molar-refractivity contribution is 5.50. The van der Waals surface area contributed by atoms with E-state index in [-0.39, 0.29) is 5.41 Å². The summed E-state index contributed by atoms with van der Waals surface area (Å²) in [6.07, 6.45) is 28.9. The lowest BCUT2D eigenvalue weighted by atomic mass is 9.53. The molecule has 2 aromatic heterocycles. The van der Waals surface area contributed by atoms with E-state index in [0.29, 0.717) is 5.41 Å². The number of hydrogen-bond acceptors (Lipinski definition) is 2. The predicted molar refractivity (Wildman–Crippen MR) is 171 cm³/mol. The van der Waals surface area contributed by atoms with E-state index >= 15 is 0 Å². The Balaban J connectivity index is 2.67. The van der Waals surface area contributed by atoms with Crippen LogP contribution in [0.5, 0.6) is 0 Å². The van der Waals surface area contributed by atoms with E-state index in [1.165, 1.54) is 152 Å². The Morgan fingerprint density at radius 2 is 1.08 bits per heavy atom. The standard InChI is InChI=1S/C35H66N4/c1-8-14-18-20-21-24-28-34(26-22-16-10-3,27-23-19-15-9-2)35(25-12-5,29-17-11-4)33-37-36-32-31(13-6)30(7)38-39(32)33/h38H,8-29H2,1-7H3. The fraction of sp³-hybridized carbons (Fsp3) is 0.886. The number of aromatic amines is 1. The molecule has 2 atom stereocenters. The molecule has 0 amide bonds. The van der Waals surface area contributed by atoms with Crippen LogP contribution in [0.2, 0.25) is 0 Å². The first-order valence-corrected chi connectivity index (χ1v) is 17.4. The summed E-state index contributed by atoms with van der Waals surface area (Å²) < 4.78 is 2.35. The van der Waals surface area contributed by atoms with Crippen molar-refractivity contribution < 1.29 is 0 Å². The molecule has 0 aliphatic heterocycles. The molecule has 2 heterocycles. The predicted octanol–water partition coefficient (Wildman–Crippen LogP) is 11.4. The smallest absolute Gasteiger partial charge is 0.180 e. The lowest BCUT2D eigenvalue weighted by Gasteiger charge is -2.51. The maximum Gasteiger partial charge on any atom is 0.180 e. The van der Waals surface area contributed by atoms with Crippen molar-refractivity contribution >= 4 is 5.65 Å². The molecule has 2 unspecified atom stereocenters. The number of aryl methyl sites for hydroxylation is 2. The zero-order valence-corrected chi connectivity index (χ0v) is 27.4. The highest BCUT2D eigenvalue weighted by Crippen LogP contribution is 2.57. The maximum atomic E-state index is 5.14. The second kappa shape index (κ2) is 18.2. The molecule has 2 rings (SSSR count). The van der Waals surface area contributed by atoms with Crippen molar-refractivity contribution in [3.63, 3.8) is 0 Å². The molecule has 0 saturated heterocycles. The van der Waals surface area contributed by atoms with Gasteiger partial charge in [0.05, 0.1) is 0 Å². The number of nitrogens with zero attached hydrogens (tertiary/aromatic N) is 3. The van der Waals surface area contributed by atoms with Crippen molar-refractivity contribution in [3.05, 3.63) is 17.1 Å². The van der Waals surface area contributed by atoms with Crippen molar-refractivity contribution in [2.75, 3.05) is 0 Å². The third-order valence-corrected chi connectivity index (χ3v) is 9.87. The van der Waals surface area contributed by atoms with Gasteiger partial charge in [-0.2, -0.15) is 0 Å². The summed E-state index contributed by atoms with van der Waals surface area (Å²) in [5, 5.41) is 13.8. The Kier molecular flexibility index (Phi) is 15.8. The summed E-state index contributed by atoms with van der Waals surface area (Å²) in [6.45, 7) is 16.3. The van der Waals surface area contributed by atoms with Crippen LogP contribution in [-0.4, -0.2) is 19.8 Å². The van der Waals surface area contributed by atoms with Crippen molar-refractivity contribution in [1.29, 1.82) is 0 Å². The minimum atomic E-state index is 0.0723. The summed E-state index contributed by atoms with van der Waals surface area (Å²) in [5.41, 5.74) is 4.04. The Morgan fingerprint density at radius 1 is 0.564 bits per heavy atom. The van der Waals surface area contributed by atoms with E-state index in [1.807, 2.05) is 0 Å². The van der Waals surface area contributed by atoms with E-state index in [1.54, 1.807) is 0 Å². The van der Waals surface area contributed by atoms with Crippen LogP contribution in [0.4, 0.5) is 0 Å². The van der Waals surface area contributed by atoms with Crippen molar-refractivity contribution in [2.24, 2.45) is 5.41 Å². The van der Waals surface area contributed by atoms with Crippen LogP contribution in [0.25, 0.3) is 5.65 Å². The molecule has 0 fully saturated rings. The number of nitrogens with one attached hydrogen (secondary N) is 1. The molecular weight excluding hydrogens is 476 g/mol. The largest absolute Gasteiger partial charge is 0.295 e. The van der Waals surface area contributed by atoms with Crippen molar-refractivity contribution in [3.8, 4) is 0 Å². The van der Waals surface area contributed by atoms with Crippen LogP contribution in [-0.2, 0) is 11.8 Å². The minimum absolute atomic E-state index is 0.0723. The molecular formula is C35H66N4. The van der Waals surface area contributed by atoms with Gasteiger partial charge in [0.25, 0.3) is 0 Å². The topological polar surface area (TPSA) is 46.0 Å². The molecule has 39 heavy (non-hydrogen) atoms. The van der Waals surface area contributed by atoms with E-state index in [2.05, 4.69) is 58.1 Å². The van der Waals surface area contributed by atoms with Crippen LogP contribution < -0.4 is 0 Å². The number of rotatable bonds is 24. The average Bonchev–Trinajstić information content (AvgIpc) is 3.48. The summed E-state index contributed by atoms with van der Waals surface area (Å²) in [5.74, 6) is 1.26. The maximum absolute atomic E-state index is 5.14. The van der Waals surface area contributed by atoms with Gasteiger partial charge in [0.15, 0.2) is 11.5 Å². The van der Waals surface area contributed by atoms with E-state index in [9.17, 15) is 0 Å². The molecule has 0 aliphatic rings. The average molecular weight is 543 g/mol. The van der Waals surface area contributed by atoms with Crippen molar-refractivity contribution in [1.82, 2.24) is 19.8 Å². The fourth-order valence-corrected chi connectivity index (χ4v) is 7.68. The summed E-state index contributed by atoms with van der Waals surface area (Å²) in [7, 11) is 0. The van der Waals surface area contributed by atoms with Gasteiger partial charge >= 0.3 is 0 Å². The third kappa shape index (κ3) is 8.59. The van der Waals surface area contributed by atoms with Gasteiger partial charge in [-0.1, -0.05) is 144 Å². The number of hydrogen-bond donors (Lipinski definition) is 1. The summed E-state index contributed by atoms with van der Waals surface area (Å²) >= 11 is 0. The molecule has 0 bridgehead atoms. The Labute approximate surface area is 242 Å². The molecule has 4 heteroatoms. The third-order valence-electron chi connectivity index (χ3n) is 9.87. The van der Waals surface area contributed by atoms with Crippen LogP contribution in [0.15, 0.2) is 0 Å². The first-order chi connectivity index (χ1) is 19.0. The van der Waals surface area contributed by atoms with Crippen LogP contribution in [0.1, 0.15) is 193 Å². The first-order valence-electron chi connectivity index (χ1n) is 17.4. The van der Waals surface area contributed by atoms with Gasteiger partial charge in [-0.3, -0.25) is 5.10 Å². The van der Waals surface area contributed by atoms with Gasteiger partial charge in [0.1, 0.15) is 0 Å². The number of unbranched alkanes of at least 4 members (excludes halogenated alkanes) is 11. The zero-order valence-electron chi connectivity index (χ0n) is 27.4. The summed E-state index contributed by atoms with van der Waals surface area (Å²) in [4.78, 5) is 0. The van der Waals surface area contributed by atoms with E-state index in [4.69, 9.17) is 10.2 Å². The normalized spacial score (nSPS) is 15.2. The molecule has 226 valence electrons. The van der Waals surface area contributed by atoms with Gasteiger partial charge in [0.2, 0.25) is 0 Å². The highest BCUT2D eigenvalue weighted by Gasteiger charge is 2.52. The Morgan fingerprint density at radius 3 is 1.64 bits per heavy atom. The Bertz CT molecular complexity index is 896. The molecule has 4 nitrogen and oxygen atoms in total. The molecule has 1 N–H and O–H groups in total. The first kappa shape index (κ1) is 33.9. The molecule has 0 radical (unpaired) electrons. The zero-order chi connectivity index (χ0) is 28.6. The monoisotopic (exact) mass is 543 g/mol. The molecule has 0 aliphatic carbocycles. The van der Waals surface area contributed by atoms with Gasteiger partial charge in [-0.25, -0.2) is 4.52 Å².